The van der Waals surface area contributed by atoms with Crippen LogP contribution < -0.4 is 10.9 Å². The maximum Gasteiger partial charge on any atom is 0.322 e. The molecular formula is C33H31FN4O2. The lowest BCUT2D eigenvalue weighted by molar-refractivity contribution is 0.190. The third kappa shape index (κ3) is 5.50. The van der Waals surface area contributed by atoms with Crippen LogP contribution in [0.5, 0.6) is 0 Å². The van der Waals surface area contributed by atoms with Crippen LogP contribution >= 0.6 is 0 Å². The molecule has 0 fully saturated rings. The van der Waals surface area contributed by atoms with E-state index in [2.05, 4.69) is 5.32 Å². The number of hydrogen-bond acceptors (Lipinski definition) is 3. The van der Waals surface area contributed by atoms with E-state index in [1.54, 1.807) is 33.7 Å². The second-order valence-electron chi connectivity index (χ2n) is 9.91. The largest absolute Gasteiger partial charge is 0.322 e. The van der Waals surface area contributed by atoms with Gasteiger partial charge in [-0.05, 0) is 80.3 Å². The molecule has 0 bridgehead atoms. The first-order valence-electron chi connectivity index (χ1n) is 13.3. The molecule has 5 aromatic rings. The number of aryl methyl sites for hydroxylation is 2. The SMILES string of the molecule is Cc1ccc(-n2c(C(C)N(CCc3ccccc3)C(=O)Nc3ccccc3F)nc3ccccc3c2=O)cc1C. The molecule has 1 unspecified atom stereocenters. The maximum atomic E-state index is 14.5. The molecule has 1 atom stereocenters. The van der Waals surface area contributed by atoms with E-state index in [4.69, 9.17) is 4.98 Å². The first kappa shape index (κ1) is 26.8. The lowest BCUT2D eigenvalue weighted by Gasteiger charge is -2.31. The molecule has 40 heavy (non-hydrogen) atoms. The van der Waals surface area contributed by atoms with Gasteiger partial charge in [0.1, 0.15) is 11.6 Å². The Labute approximate surface area is 232 Å². The molecule has 1 heterocycles. The summed E-state index contributed by atoms with van der Waals surface area (Å²) in [4.78, 5) is 34.2. The third-order valence-electron chi connectivity index (χ3n) is 7.25. The van der Waals surface area contributed by atoms with Gasteiger partial charge in [0.15, 0.2) is 0 Å². The van der Waals surface area contributed by atoms with Crippen LogP contribution in [0.2, 0.25) is 0 Å². The summed E-state index contributed by atoms with van der Waals surface area (Å²) >= 11 is 0. The number of para-hydroxylation sites is 2. The average molecular weight is 535 g/mol. The lowest BCUT2D eigenvalue weighted by Crippen LogP contribution is -2.41. The topological polar surface area (TPSA) is 67.2 Å². The minimum Gasteiger partial charge on any atom is -0.314 e. The number of nitrogens with zero attached hydrogens (tertiary/aromatic N) is 3. The molecule has 2 amide bonds. The second kappa shape index (κ2) is 11.5. The van der Waals surface area contributed by atoms with Crippen LogP contribution in [0.25, 0.3) is 16.6 Å². The number of nitrogens with one attached hydrogen (secondary N) is 1. The van der Waals surface area contributed by atoms with E-state index in [0.717, 1.165) is 16.7 Å². The predicted octanol–water partition coefficient (Wildman–Crippen LogP) is 6.98. The van der Waals surface area contributed by atoms with Crippen molar-refractivity contribution >= 4 is 22.6 Å². The Bertz CT molecular complexity index is 1730. The molecule has 1 N–H and O–H groups in total. The molecule has 202 valence electrons. The Morgan fingerprint density at radius 1 is 0.925 bits per heavy atom. The third-order valence-corrected chi connectivity index (χ3v) is 7.25. The second-order valence-corrected chi connectivity index (χ2v) is 9.91. The van der Waals surface area contributed by atoms with Crippen LogP contribution in [0.15, 0.2) is 102 Å². The molecule has 4 aromatic carbocycles. The van der Waals surface area contributed by atoms with Crippen molar-refractivity contribution in [2.45, 2.75) is 33.2 Å². The van der Waals surface area contributed by atoms with Gasteiger partial charge in [-0.25, -0.2) is 14.2 Å². The maximum absolute atomic E-state index is 14.5. The van der Waals surface area contributed by atoms with E-state index in [9.17, 15) is 14.0 Å². The van der Waals surface area contributed by atoms with Crippen LogP contribution in [0.3, 0.4) is 0 Å². The quantitative estimate of drug-likeness (QED) is 0.245. The van der Waals surface area contributed by atoms with Gasteiger partial charge in [0.25, 0.3) is 5.56 Å². The Balaban J connectivity index is 1.62. The van der Waals surface area contributed by atoms with E-state index in [1.807, 2.05) is 81.4 Å². The van der Waals surface area contributed by atoms with Gasteiger partial charge in [-0.3, -0.25) is 9.36 Å². The summed E-state index contributed by atoms with van der Waals surface area (Å²) in [7, 11) is 0. The fourth-order valence-electron chi connectivity index (χ4n) is 4.80. The number of rotatable bonds is 7. The minimum atomic E-state index is -0.630. The lowest BCUT2D eigenvalue weighted by atomic mass is 10.1. The average Bonchev–Trinajstić information content (AvgIpc) is 2.96. The van der Waals surface area contributed by atoms with Crippen molar-refractivity contribution in [2.75, 3.05) is 11.9 Å². The highest BCUT2D eigenvalue weighted by atomic mass is 19.1. The van der Waals surface area contributed by atoms with Gasteiger partial charge in [-0.1, -0.05) is 60.7 Å². The van der Waals surface area contributed by atoms with E-state index in [-0.39, 0.29) is 11.2 Å². The number of aromatic nitrogens is 2. The van der Waals surface area contributed by atoms with Gasteiger partial charge in [-0.15, -0.1) is 0 Å². The van der Waals surface area contributed by atoms with E-state index in [0.29, 0.717) is 35.4 Å². The molecule has 0 spiro atoms. The van der Waals surface area contributed by atoms with Gasteiger partial charge in [0.05, 0.1) is 28.3 Å². The summed E-state index contributed by atoms with van der Waals surface area (Å²) in [5.74, 6) is -0.105. The van der Waals surface area contributed by atoms with Crippen molar-refractivity contribution in [2.24, 2.45) is 0 Å². The monoisotopic (exact) mass is 534 g/mol. The molecule has 0 saturated carbocycles. The molecule has 1 aromatic heterocycles. The summed E-state index contributed by atoms with van der Waals surface area (Å²) in [6.45, 7) is 6.18. The normalized spacial score (nSPS) is 11.8. The molecule has 0 aliphatic rings. The fourth-order valence-corrected chi connectivity index (χ4v) is 4.80. The smallest absolute Gasteiger partial charge is 0.314 e. The zero-order chi connectivity index (χ0) is 28.2. The fraction of sp³-hybridized carbons (Fsp3) is 0.182. The molecule has 0 aliphatic heterocycles. The first-order valence-corrected chi connectivity index (χ1v) is 13.3. The highest BCUT2D eigenvalue weighted by Crippen LogP contribution is 2.25. The minimum absolute atomic E-state index is 0.0856. The van der Waals surface area contributed by atoms with Crippen molar-refractivity contribution < 1.29 is 9.18 Å². The molecule has 7 heteroatoms. The number of benzene rings is 4. The van der Waals surface area contributed by atoms with Crippen molar-refractivity contribution in [1.82, 2.24) is 14.5 Å². The van der Waals surface area contributed by atoms with Gasteiger partial charge in [0, 0.05) is 6.54 Å². The van der Waals surface area contributed by atoms with Crippen molar-refractivity contribution in [3.63, 3.8) is 0 Å². The Morgan fingerprint density at radius 2 is 1.62 bits per heavy atom. The molecule has 0 radical (unpaired) electrons. The predicted molar refractivity (Wildman–Crippen MR) is 157 cm³/mol. The number of halogens is 1. The highest BCUT2D eigenvalue weighted by molar-refractivity contribution is 5.89. The van der Waals surface area contributed by atoms with Gasteiger partial charge in [0.2, 0.25) is 0 Å². The van der Waals surface area contributed by atoms with Gasteiger partial charge in [-0.2, -0.15) is 0 Å². The van der Waals surface area contributed by atoms with Crippen LogP contribution in [-0.4, -0.2) is 27.0 Å². The summed E-state index contributed by atoms with van der Waals surface area (Å²) in [5, 5.41) is 3.21. The summed E-state index contributed by atoms with van der Waals surface area (Å²) < 4.78 is 16.1. The van der Waals surface area contributed by atoms with Crippen molar-refractivity contribution in [3.8, 4) is 5.69 Å². The first-order chi connectivity index (χ1) is 19.3. The summed E-state index contributed by atoms with van der Waals surface area (Å²) in [6, 6.07) is 27.8. The van der Waals surface area contributed by atoms with E-state index >= 15 is 0 Å². The van der Waals surface area contributed by atoms with Gasteiger partial charge < -0.3 is 10.2 Å². The molecule has 0 aliphatic carbocycles. The van der Waals surface area contributed by atoms with Crippen molar-refractivity contribution in [1.29, 1.82) is 0 Å². The van der Waals surface area contributed by atoms with Crippen LogP contribution in [0, 0.1) is 19.7 Å². The molecule has 5 rings (SSSR count). The van der Waals surface area contributed by atoms with E-state index in [1.165, 1.54) is 12.1 Å². The number of hydrogen-bond donors (Lipinski definition) is 1. The van der Waals surface area contributed by atoms with Crippen LogP contribution in [0.1, 0.15) is 35.5 Å². The van der Waals surface area contributed by atoms with Gasteiger partial charge >= 0.3 is 6.03 Å². The number of amides is 2. The Kier molecular flexibility index (Phi) is 7.73. The summed E-state index contributed by atoms with van der Waals surface area (Å²) in [6.07, 6.45) is 0.567. The number of carbonyl (C=O) groups excluding carboxylic acids is 1. The summed E-state index contributed by atoms with van der Waals surface area (Å²) in [5.41, 5.74) is 4.29. The standard InChI is InChI=1S/C33H31FN4O2/c1-22-17-18-26(21-23(22)2)38-31(35-29-15-9-7-13-27(29)32(38)39)24(3)37(20-19-25-11-5-4-6-12-25)33(40)36-30-16-10-8-14-28(30)34/h4-18,21,24H,19-20H2,1-3H3,(H,36,40). The Hall–Kier alpha value is -4.78. The van der Waals surface area contributed by atoms with E-state index < -0.39 is 17.9 Å². The highest BCUT2D eigenvalue weighted by Gasteiger charge is 2.27. The number of fused-ring (bicyclic) bond motifs is 1. The molecule has 6 nitrogen and oxygen atoms in total. The Morgan fingerprint density at radius 3 is 2.38 bits per heavy atom. The number of anilines is 1. The van der Waals surface area contributed by atoms with Crippen LogP contribution in [0.4, 0.5) is 14.9 Å². The van der Waals surface area contributed by atoms with Crippen molar-refractivity contribution in [3.05, 3.63) is 136 Å². The van der Waals surface area contributed by atoms with Crippen LogP contribution in [-0.2, 0) is 6.42 Å². The molecular weight excluding hydrogens is 503 g/mol. The number of carbonyl (C=O) groups is 1. The number of urea groups is 1. The zero-order valence-corrected chi connectivity index (χ0v) is 22.8. The zero-order valence-electron chi connectivity index (χ0n) is 22.8. The molecule has 0 saturated heterocycles.